The number of thioether (sulfide) groups is 1. The normalized spacial score (nSPS) is 20.7. The van der Waals surface area contributed by atoms with Gasteiger partial charge in [0.2, 0.25) is 0 Å². The van der Waals surface area contributed by atoms with Gasteiger partial charge in [-0.25, -0.2) is 5.84 Å². The zero-order valence-corrected chi connectivity index (χ0v) is 8.84. The van der Waals surface area contributed by atoms with Crippen molar-refractivity contribution < 1.29 is 0 Å². The van der Waals surface area contributed by atoms with Crippen LogP contribution in [0.2, 0.25) is 0 Å². The lowest BCUT2D eigenvalue weighted by Gasteiger charge is -2.12. The van der Waals surface area contributed by atoms with Gasteiger partial charge in [-0.1, -0.05) is 18.2 Å². The maximum Gasteiger partial charge on any atom is 0.118 e. The van der Waals surface area contributed by atoms with Crippen molar-refractivity contribution in [2.45, 2.75) is 10.8 Å². The molecule has 0 amide bonds. The maximum absolute atomic E-state index is 5.43. The summed E-state index contributed by atoms with van der Waals surface area (Å²) >= 11 is 1.86. The van der Waals surface area contributed by atoms with E-state index in [4.69, 9.17) is 5.84 Å². The molecule has 1 atom stereocenters. The molecule has 0 saturated carbocycles. The van der Waals surface area contributed by atoms with Gasteiger partial charge < -0.3 is 5.43 Å². The van der Waals surface area contributed by atoms with Crippen LogP contribution < -0.4 is 11.3 Å². The van der Waals surface area contributed by atoms with Gasteiger partial charge in [-0.05, 0) is 11.6 Å². The Labute approximate surface area is 87.8 Å². The Hall–Kier alpha value is -1.00. The van der Waals surface area contributed by atoms with Crippen LogP contribution in [0.5, 0.6) is 0 Å². The molecule has 1 aromatic carbocycles. The third-order valence-corrected chi connectivity index (χ3v) is 3.60. The predicted octanol–water partition coefficient (Wildman–Crippen LogP) is 1.37. The molecule has 0 fully saturated rings. The number of fused-ring (bicyclic) bond motifs is 1. The van der Waals surface area contributed by atoms with E-state index < -0.39 is 0 Å². The smallest absolute Gasteiger partial charge is 0.118 e. The average molecular weight is 207 g/mol. The minimum atomic E-state index is 0.325. The maximum atomic E-state index is 5.43. The number of nitrogens with one attached hydrogen (secondary N) is 1. The largest absolute Gasteiger partial charge is 0.312 e. The standard InChI is InChI=1S/C10H13N3S/c1-12-10(13-11)8-6-14-9-5-3-2-4-7(8)9/h2-5,8H,6,11H2,1H3,(H,12,13). The molecule has 3 N–H and O–H groups in total. The lowest BCUT2D eigenvalue weighted by atomic mass is 10.0. The number of benzene rings is 1. The van der Waals surface area contributed by atoms with Crippen molar-refractivity contribution in [2.75, 3.05) is 12.8 Å². The topological polar surface area (TPSA) is 50.4 Å². The van der Waals surface area contributed by atoms with Crippen LogP contribution in [0.3, 0.4) is 0 Å². The van der Waals surface area contributed by atoms with Gasteiger partial charge in [-0.2, -0.15) is 0 Å². The molecule has 0 aliphatic carbocycles. The third-order valence-electron chi connectivity index (χ3n) is 2.42. The minimum Gasteiger partial charge on any atom is -0.312 e. The number of hydrogen-bond donors (Lipinski definition) is 2. The number of hydrogen-bond acceptors (Lipinski definition) is 3. The van der Waals surface area contributed by atoms with Crippen molar-refractivity contribution >= 4 is 17.6 Å². The highest BCUT2D eigenvalue weighted by Gasteiger charge is 2.26. The summed E-state index contributed by atoms with van der Waals surface area (Å²) < 4.78 is 0. The van der Waals surface area contributed by atoms with Gasteiger partial charge in [0.05, 0.1) is 5.92 Å². The molecule has 14 heavy (non-hydrogen) atoms. The van der Waals surface area contributed by atoms with E-state index in [1.54, 1.807) is 7.05 Å². The Bertz CT molecular complexity index is 362. The number of rotatable bonds is 1. The molecule has 3 nitrogen and oxygen atoms in total. The van der Waals surface area contributed by atoms with Gasteiger partial charge in [-0.3, -0.25) is 4.99 Å². The summed E-state index contributed by atoms with van der Waals surface area (Å²) in [5.74, 6) is 7.64. The second-order valence-corrected chi connectivity index (χ2v) is 4.22. The molecule has 0 aromatic heterocycles. The summed E-state index contributed by atoms with van der Waals surface area (Å²) in [7, 11) is 1.76. The minimum absolute atomic E-state index is 0.325. The van der Waals surface area contributed by atoms with E-state index in [9.17, 15) is 0 Å². The SMILES string of the molecule is CN=C(NN)C1CSc2ccccc21. The van der Waals surface area contributed by atoms with Crippen molar-refractivity contribution in [2.24, 2.45) is 10.8 Å². The van der Waals surface area contributed by atoms with E-state index in [0.717, 1.165) is 11.6 Å². The highest BCUT2D eigenvalue weighted by atomic mass is 32.2. The summed E-state index contributed by atoms with van der Waals surface area (Å²) in [4.78, 5) is 5.50. The van der Waals surface area contributed by atoms with Crippen molar-refractivity contribution in [1.82, 2.24) is 5.43 Å². The molecule has 0 saturated heterocycles. The molecule has 1 unspecified atom stereocenters. The molecule has 1 aromatic rings. The van der Waals surface area contributed by atoms with Crippen LogP contribution in [0.15, 0.2) is 34.2 Å². The van der Waals surface area contributed by atoms with Gasteiger partial charge in [0.25, 0.3) is 0 Å². The molecule has 2 rings (SSSR count). The van der Waals surface area contributed by atoms with E-state index in [0.29, 0.717) is 5.92 Å². The fraction of sp³-hybridized carbons (Fsp3) is 0.300. The Morgan fingerprint density at radius 1 is 1.57 bits per heavy atom. The highest BCUT2D eigenvalue weighted by Crippen LogP contribution is 2.39. The molecule has 0 spiro atoms. The van der Waals surface area contributed by atoms with Gasteiger partial charge in [-0.15, -0.1) is 11.8 Å². The van der Waals surface area contributed by atoms with Gasteiger partial charge in [0.15, 0.2) is 0 Å². The summed E-state index contributed by atoms with van der Waals surface area (Å²) in [6, 6.07) is 8.40. The molecule has 1 heterocycles. The Morgan fingerprint density at radius 3 is 3.07 bits per heavy atom. The third kappa shape index (κ3) is 1.51. The first-order chi connectivity index (χ1) is 6.86. The molecule has 1 aliphatic heterocycles. The average Bonchev–Trinajstić information content (AvgIpc) is 2.65. The van der Waals surface area contributed by atoms with Crippen LogP contribution in [-0.2, 0) is 0 Å². The Kier molecular flexibility index (Phi) is 2.74. The van der Waals surface area contributed by atoms with Gasteiger partial charge in [0, 0.05) is 17.7 Å². The number of nitrogens with zero attached hydrogens (tertiary/aromatic N) is 1. The molecule has 1 aliphatic rings. The number of hydrazine groups is 1. The van der Waals surface area contributed by atoms with E-state index in [2.05, 4.69) is 34.7 Å². The molecule has 0 radical (unpaired) electrons. The highest BCUT2D eigenvalue weighted by molar-refractivity contribution is 7.99. The molecular formula is C10H13N3S. The lowest BCUT2D eigenvalue weighted by Crippen LogP contribution is -2.35. The molecule has 74 valence electrons. The number of nitrogens with two attached hydrogens (primary N) is 1. The van der Waals surface area contributed by atoms with Crippen molar-refractivity contribution in [3.63, 3.8) is 0 Å². The summed E-state index contributed by atoms with van der Waals surface area (Å²) in [5, 5.41) is 0. The molecule has 4 heteroatoms. The van der Waals surface area contributed by atoms with Crippen LogP contribution in [-0.4, -0.2) is 18.6 Å². The number of aliphatic imine (C=N–C) groups is 1. The zero-order valence-electron chi connectivity index (χ0n) is 8.03. The summed E-state index contributed by atoms with van der Waals surface area (Å²) in [6.45, 7) is 0. The fourth-order valence-corrected chi connectivity index (χ4v) is 2.95. The second-order valence-electron chi connectivity index (χ2n) is 3.15. The van der Waals surface area contributed by atoms with E-state index >= 15 is 0 Å². The fourth-order valence-electron chi connectivity index (χ4n) is 1.71. The first-order valence-corrected chi connectivity index (χ1v) is 5.50. The second kappa shape index (κ2) is 4.02. The van der Waals surface area contributed by atoms with Crippen LogP contribution >= 0.6 is 11.8 Å². The molecular weight excluding hydrogens is 194 g/mol. The van der Waals surface area contributed by atoms with Crippen LogP contribution in [0.25, 0.3) is 0 Å². The van der Waals surface area contributed by atoms with Crippen LogP contribution in [0.1, 0.15) is 11.5 Å². The van der Waals surface area contributed by atoms with Crippen molar-refractivity contribution in [1.29, 1.82) is 0 Å². The number of amidine groups is 1. The lowest BCUT2D eigenvalue weighted by molar-refractivity contribution is 0.904. The van der Waals surface area contributed by atoms with Gasteiger partial charge >= 0.3 is 0 Å². The van der Waals surface area contributed by atoms with E-state index in [1.807, 2.05) is 11.8 Å². The zero-order chi connectivity index (χ0) is 9.97. The van der Waals surface area contributed by atoms with E-state index in [-0.39, 0.29) is 0 Å². The Balaban J connectivity index is 2.34. The predicted molar refractivity (Wildman–Crippen MR) is 60.6 cm³/mol. The van der Waals surface area contributed by atoms with Gasteiger partial charge in [0.1, 0.15) is 5.84 Å². The monoisotopic (exact) mass is 207 g/mol. The summed E-state index contributed by atoms with van der Waals surface area (Å²) in [6.07, 6.45) is 0. The van der Waals surface area contributed by atoms with Crippen LogP contribution in [0, 0.1) is 0 Å². The first kappa shape index (κ1) is 9.55. The Morgan fingerprint density at radius 2 is 2.36 bits per heavy atom. The first-order valence-electron chi connectivity index (χ1n) is 4.52. The van der Waals surface area contributed by atoms with Crippen LogP contribution in [0.4, 0.5) is 0 Å². The van der Waals surface area contributed by atoms with Crippen molar-refractivity contribution in [3.05, 3.63) is 29.8 Å². The summed E-state index contributed by atoms with van der Waals surface area (Å²) in [5.41, 5.74) is 4.00. The van der Waals surface area contributed by atoms with Crippen molar-refractivity contribution in [3.8, 4) is 0 Å². The molecule has 0 bridgehead atoms. The van der Waals surface area contributed by atoms with E-state index in [1.165, 1.54) is 10.5 Å². The quantitative estimate of drug-likeness (QED) is 0.316.